The van der Waals surface area contributed by atoms with Gasteiger partial charge in [-0.2, -0.15) is 29.2 Å². The number of rotatable bonds is 7. The predicted octanol–water partition coefficient (Wildman–Crippen LogP) is 0.759. The average Bonchev–Trinajstić information content (AvgIpc) is 2.38. The van der Waals surface area contributed by atoms with Gasteiger partial charge in [0, 0.05) is 24.9 Å². The van der Waals surface area contributed by atoms with Gasteiger partial charge in [-0.1, -0.05) is 6.92 Å². The Kier molecular flexibility index (Phi) is 6.58. The molecule has 0 saturated carbocycles. The highest BCUT2D eigenvalue weighted by Crippen LogP contribution is 2.19. The van der Waals surface area contributed by atoms with Crippen LogP contribution in [0.15, 0.2) is 0 Å². The molecule has 19 heavy (non-hydrogen) atoms. The molecule has 1 saturated heterocycles. The summed E-state index contributed by atoms with van der Waals surface area (Å²) in [6.07, 6.45) is 3.45. The molecular formula is C11H22N2O4S2. The summed E-state index contributed by atoms with van der Waals surface area (Å²) < 4.78 is 28.4. The van der Waals surface area contributed by atoms with E-state index >= 15 is 0 Å². The van der Waals surface area contributed by atoms with Crippen molar-refractivity contribution < 1.29 is 18.3 Å². The smallest absolute Gasteiger partial charge is 0.306 e. The maximum Gasteiger partial charge on any atom is 0.306 e. The van der Waals surface area contributed by atoms with Gasteiger partial charge in [0.25, 0.3) is 10.2 Å². The van der Waals surface area contributed by atoms with Crippen LogP contribution in [-0.4, -0.2) is 54.9 Å². The average molecular weight is 310 g/mol. The van der Waals surface area contributed by atoms with Gasteiger partial charge in [-0.25, -0.2) is 0 Å². The molecule has 8 heteroatoms. The zero-order valence-electron chi connectivity index (χ0n) is 11.3. The third kappa shape index (κ3) is 4.94. The Labute approximate surface area is 119 Å². The molecule has 0 aromatic rings. The van der Waals surface area contributed by atoms with Gasteiger partial charge in [-0.3, -0.25) is 4.79 Å². The first-order valence-electron chi connectivity index (χ1n) is 6.39. The lowest BCUT2D eigenvalue weighted by molar-refractivity contribution is -0.142. The molecule has 1 aliphatic rings. The first kappa shape index (κ1) is 16.7. The molecular weight excluding hydrogens is 288 g/mol. The third-order valence-corrected chi connectivity index (χ3v) is 5.73. The van der Waals surface area contributed by atoms with E-state index in [2.05, 4.69) is 4.72 Å². The van der Waals surface area contributed by atoms with Gasteiger partial charge in [0.2, 0.25) is 0 Å². The molecule has 1 heterocycles. The Morgan fingerprint density at radius 1 is 1.47 bits per heavy atom. The Morgan fingerprint density at radius 2 is 2.05 bits per heavy atom. The Morgan fingerprint density at radius 3 is 2.47 bits per heavy atom. The molecule has 6 nitrogen and oxygen atoms in total. The summed E-state index contributed by atoms with van der Waals surface area (Å²) >= 11 is 1.60. The fraction of sp³-hybridized carbons (Fsp3) is 0.909. The first-order chi connectivity index (χ1) is 8.90. The molecule has 1 rings (SSSR count). The van der Waals surface area contributed by atoms with E-state index in [1.807, 2.05) is 13.2 Å². The molecule has 0 radical (unpaired) electrons. The van der Waals surface area contributed by atoms with Crippen molar-refractivity contribution in [2.75, 3.05) is 25.1 Å². The van der Waals surface area contributed by atoms with Crippen LogP contribution in [0.1, 0.15) is 26.2 Å². The van der Waals surface area contributed by atoms with Crippen molar-refractivity contribution in [3.8, 4) is 0 Å². The Bertz CT molecular complexity index is 391. The van der Waals surface area contributed by atoms with Crippen LogP contribution in [0, 0.1) is 5.92 Å². The molecule has 0 aromatic carbocycles. The van der Waals surface area contributed by atoms with Crippen molar-refractivity contribution in [2.24, 2.45) is 5.92 Å². The van der Waals surface area contributed by atoms with Gasteiger partial charge in [-0.05, 0) is 25.5 Å². The summed E-state index contributed by atoms with van der Waals surface area (Å²) in [5.74, 6) is -0.514. The minimum atomic E-state index is -3.49. The first-order valence-corrected chi connectivity index (χ1v) is 9.23. The molecule has 1 aliphatic heterocycles. The lowest BCUT2D eigenvalue weighted by Gasteiger charge is -2.30. The van der Waals surface area contributed by atoms with Crippen LogP contribution in [0.2, 0.25) is 0 Å². The molecule has 1 fully saturated rings. The Hall–Kier alpha value is -0.310. The highest BCUT2D eigenvalue weighted by atomic mass is 32.2. The third-order valence-electron chi connectivity index (χ3n) is 3.32. The zero-order valence-corrected chi connectivity index (χ0v) is 13.0. The topological polar surface area (TPSA) is 86.7 Å². The molecule has 0 aliphatic carbocycles. The molecule has 0 amide bonds. The van der Waals surface area contributed by atoms with Crippen LogP contribution < -0.4 is 4.72 Å². The van der Waals surface area contributed by atoms with E-state index in [9.17, 15) is 13.2 Å². The van der Waals surface area contributed by atoms with Crippen LogP contribution in [0.5, 0.6) is 0 Å². The van der Waals surface area contributed by atoms with Crippen molar-refractivity contribution in [2.45, 2.75) is 32.2 Å². The number of aliphatic carboxylic acids is 1. The number of piperidine rings is 1. The van der Waals surface area contributed by atoms with Gasteiger partial charge >= 0.3 is 5.97 Å². The second-order valence-electron chi connectivity index (χ2n) is 4.69. The summed E-state index contributed by atoms with van der Waals surface area (Å²) in [4.78, 5) is 10.8. The van der Waals surface area contributed by atoms with E-state index in [-0.39, 0.29) is 19.1 Å². The maximum absolute atomic E-state index is 12.2. The van der Waals surface area contributed by atoms with Crippen LogP contribution in [0.3, 0.4) is 0 Å². The number of nitrogens with one attached hydrogen (secondary N) is 1. The number of carbonyl (C=O) groups is 1. The lowest BCUT2D eigenvalue weighted by atomic mass is 9.99. The number of carboxylic acids is 1. The summed E-state index contributed by atoms with van der Waals surface area (Å²) in [6, 6.07) is -0.0720. The highest BCUT2D eigenvalue weighted by molar-refractivity contribution is 7.98. The largest absolute Gasteiger partial charge is 0.481 e. The normalized spacial score (nSPS) is 20.3. The lowest BCUT2D eigenvalue weighted by Crippen LogP contribution is -2.49. The SMILES string of the molecule is CCC(CSC)NS(=O)(=O)N1CCC(C(=O)O)CC1. The minimum absolute atomic E-state index is 0.0720. The molecule has 0 spiro atoms. The van der Waals surface area contributed by atoms with Crippen LogP contribution in [-0.2, 0) is 15.0 Å². The quantitative estimate of drug-likeness (QED) is 0.725. The molecule has 0 aromatic heterocycles. The molecule has 1 atom stereocenters. The second kappa shape index (κ2) is 7.47. The summed E-state index contributed by atoms with van der Waals surface area (Å²) in [7, 11) is -3.49. The minimum Gasteiger partial charge on any atom is -0.481 e. The van der Waals surface area contributed by atoms with Crippen molar-refractivity contribution in [1.29, 1.82) is 0 Å². The number of thioether (sulfide) groups is 1. The van der Waals surface area contributed by atoms with Gasteiger partial charge < -0.3 is 5.11 Å². The molecule has 112 valence electrons. The predicted molar refractivity (Wildman–Crippen MR) is 76.4 cm³/mol. The van der Waals surface area contributed by atoms with E-state index < -0.39 is 22.1 Å². The maximum atomic E-state index is 12.2. The Balaban J connectivity index is 2.57. The summed E-state index contributed by atoms with van der Waals surface area (Å²) in [6.45, 7) is 2.50. The van der Waals surface area contributed by atoms with Crippen LogP contribution in [0.4, 0.5) is 0 Å². The fourth-order valence-corrected chi connectivity index (χ4v) is 4.40. The van der Waals surface area contributed by atoms with Gasteiger partial charge in [0.05, 0.1) is 5.92 Å². The van der Waals surface area contributed by atoms with Crippen molar-refractivity contribution in [3.63, 3.8) is 0 Å². The molecule has 0 bridgehead atoms. The zero-order chi connectivity index (χ0) is 14.5. The van der Waals surface area contributed by atoms with Crippen molar-refractivity contribution in [3.05, 3.63) is 0 Å². The van der Waals surface area contributed by atoms with Crippen LogP contribution >= 0.6 is 11.8 Å². The molecule has 1 unspecified atom stereocenters. The number of carboxylic acid groups (broad SMARTS) is 1. The number of nitrogens with zero attached hydrogens (tertiary/aromatic N) is 1. The van der Waals surface area contributed by atoms with Gasteiger partial charge in [-0.15, -0.1) is 0 Å². The van der Waals surface area contributed by atoms with E-state index in [0.717, 1.165) is 12.2 Å². The summed E-state index contributed by atoms with van der Waals surface area (Å²) in [5, 5.41) is 8.89. The second-order valence-corrected chi connectivity index (χ2v) is 7.31. The van der Waals surface area contributed by atoms with E-state index in [1.54, 1.807) is 11.8 Å². The summed E-state index contributed by atoms with van der Waals surface area (Å²) in [5.41, 5.74) is 0. The monoisotopic (exact) mass is 310 g/mol. The number of hydrogen-bond acceptors (Lipinski definition) is 4. The highest BCUT2D eigenvalue weighted by Gasteiger charge is 2.31. The van der Waals surface area contributed by atoms with Gasteiger partial charge in [0.15, 0.2) is 0 Å². The van der Waals surface area contributed by atoms with Crippen molar-refractivity contribution in [1.82, 2.24) is 9.03 Å². The van der Waals surface area contributed by atoms with Crippen LogP contribution in [0.25, 0.3) is 0 Å². The van der Waals surface area contributed by atoms with Crippen molar-refractivity contribution >= 4 is 27.9 Å². The van der Waals surface area contributed by atoms with Gasteiger partial charge in [0.1, 0.15) is 0 Å². The number of hydrogen-bond donors (Lipinski definition) is 2. The van der Waals surface area contributed by atoms with E-state index in [1.165, 1.54) is 4.31 Å². The van der Waals surface area contributed by atoms with E-state index in [0.29, 0.717) is 12.8 Å². The van der Waals surface area contributed by atoms with E-state index in [4.69, 9.17) is 5.11 Å². The fourth-order valence-electron chi connectivity index (χ4n) is 2.06. The molecule has 2 N–H and O–H groups in total. The standard InChI is InChI=1S/C11H22N2O4S2/c1-3-10(8-18-2)12-19(16,17)13-6-4-9(5-7-13)11(14)15/h9-10,12H,3-8H2,1-2H3,(H,14,15).